The average molecular weight is 434 g/mol. The Balaban J connectivity index is 1.59. The van der Waals surface area contributed by atoms with Gasteiger partial charge in [0.1, 0.15) is 5.76 Å². The Morgan fingerprint density at radius 3 is 2.76 bits per heavy atom. The van der Waals surface area contributed by atoms with E-state index in [0.29, 0.717) is 22.1 Å². The summed E-state index contributed by atoms with van der Waals surface area (Å²) in [5.74, 6) is -0.487. The van der Waals surface area contributed by atoms with Gasteiger partial charge in [0, 0.05) is 10.3 Å². The zero-order valence-corrected chi connectivity index (χ0v) is 17.4. The van der Waals surface area contributed by atoms with Gasteiger partial charge in [-0.2, -0.15) is 0 Å². The summed E-state index contributed by atoms with van der Waals surface area (Å²) < 4.78 is 9.84. The molecule has 3 aromatic heterocycles. The summed E-state index contributed by atoms with van der Waals surface area (Å²) in [4.78, 5) is 41.5. The second kappa shape index (κ2) is 9.48. The first-order valence-electron chi connectivity index (χ1n) is 8.65. The van der Waals surface area contributed by atoms with Crippen LogP contribution in [0.3, 0.4) is 0 Å². The minimum atomic E-state index is -0.461. The number of methoxy groups -OCH3 is 1. The van der Waals surface area contributed by atoms with Crippen LogP contribution in [0.2, 0.25) is 0 Å². The van der Waals surface area contributed by atoms with E-state index in [2.05, 4.69) is 15.6 Å². The molecule has 0 radical (unpaired) electrons. The third-order valence-electron chi connectivity index (χ3n) is 4.04. The highest BCUT2D eigenvalue weighted by Gasteiger charge is 2.21. The second-order valence-corrected chi connectivity index (χ2v) is 7.92. The molecule has 0 bridgehead atoms. The maximum absolute atomic E-state index is 12.5. The van der Waals surface area contributed by atoms with Gasteiger partial charge in [0.05, 0.1) is 43.5 Å². The topological polar surface area (TPSA) is 111 Å². The molecule has 29 heavy (non-hydrogen) atoms. The lowest BCUT2D eigenvalue weighted by Crippen LogP contribution is -2.31. The molecule has 0 saturated carbocycles. The molecule has 3 heterocycles. The van der Waals surface area contributed by atoms with Gasteiger partial charge in [-0.05, 0) is 24.4 Å². The van der Waals surface area contributed by atoms with Crippen LogP contribution >= 0.6 is 22.7 Å². The molecule has 0 aliphatic rings. The van der Waals surface area contributed by atoms with Gasteiger partial charge in [-0.1, -0.05) is 6.07 Å². The van der Waals surface area contributed by atoms with Crippen molar-refractivity contribution < 1.29 is 23.5 Å². The molecule has 10 heteroatoms. The van der Waals surface area contributed by atoms with E-state index in [-0.39, 0.29) is 24.7 Å². The number of thiazole rings is 1. The highest BCUT2D eigenvalue weighted by Crippen LogP contribution is 2.23. The van der Waals surface area contributed by atoms with E-state index in [4.69, 9.17) is 9.15 Å². The SMILES string of the molecule is COC(=O)CC(NC(=O)Cc1csc(NC(=O)c2ccoc2C)n1)c1cccs1. The smallest absolute Gasteiger partial charge is 0.307 e. The second-order valence-electron chi connectivity index (χ2n) is 6.08. The van der Waals surface area contributed by atoms with E-state index in [1.807, 2.05) is 17.5 Å². The Morgan fingerprint density at radius 1 is 1.28 bits per heavy atom. The highest BCUT2D eigenvalue weighted by atomic mass is 32.1. The summed E-state index contributed by atoms with van der Waals surface area (Å²) in [6, 6.07) is 4.83. The first-order chi connectivity index (χ1) is 14.0. The van der Waals surface area contributed by atoms with Crippen LogP contribution in [0.15, 0.2) is 39.6 Å². The van der Waals surface area contributed by atoms with Gasteiger partial charge in [-0.3, -0.25) is 19.7 Å². The Labute approximate surface area is 174 Å². The Hall–Kier alpha value is -2.98. The normalized spacial score (nSPS) is 11.7. The van der Waals surface area contributed by atoms with Crippen molar-refractivity contribution in [2.75, 3.05) is 12.4 Å². The number of carbonyl (C=O) groups excluding carboxylic acids is 3. The average Bonchev–Trinajstić information content (AvgIpc) is 3.43. The fourth-order valence-corrected chi connectivity index (χ4v) is 4.09. The van der Waals surface area contributed by atoms with Gasteiger partial charge in [-0.25, -0.2) is 4.98 Å². The molecule has 0 spiro atoms. The number of rotatable bonds is 8. The van der Waals surface area contributed by atoms with Gasteiger partial charge in [-0.15, -0.1) is 22.7 Å². The molecule has 0 saturated heterocycles. The van der Waals surface area contributed by atoms with E-state index < -0.39 is 12.0 Å². The molecule has 2 N–H and O–H groups in total. The number of aryl methyl sites for hydroxylation is 1. The van der Waals surface area contributed by atoms with Crippen LogP contribution < -0.4 is 10.6 Å². The zero-order valence-electron chi connectivity index (χ0n) is 15.8. The first-order valence-corrected chi connectivity index (χ1v) is 10.4. The van der Waals surface area contributed by atoms with Crippen LogP contribution in [0.1, 0.15) is 39.2 Å². The molecule has 0 fully saturated rings. The summed E-state index contributed by atoms with van der Waals surface area (Å²) in [5.41, 5.74) is 0.954. The summed E-state index contributed by atoms with van der Waals surface area (Å²) in [6.45, 7) is 1.70. The highest BCUT2D eigenvalue weighted by molar-refractivity contribution is 7.14. The standard InChI is InChI=1S/C19H19N3O5S2/c1-11-13(5-6-27-11)18(25)22-19-20-12(10-29-19)8-16(23)21-14(9-17(24)26-2)15-4-3-7-28-15/h3-7,10,14H,8-9H2,1-2H3,(H,21,23)(H,20,22,25). The number of nitrogens with zero attached hydrogens (tertiary/aromatic N) is 1. The van der Waals surface area contributed by atoms with Crippen LogP contribution in [-0.2, 0) is 20.7 Å². The van der Waals surface area contributed by atoms with Gasteiger partial charge in [0.25, 0.3) is 5.91 Å². The van der Waals surface area contributed by atoms with Crippen molar-refractivity contribution in [3.63, 3.8) is 0 Å². The predicted molar refractivity (Wildman–Crippen MR) is 109 cm³/mol. The number of furan rings is 1. The number of carbonyl (C=O) groups is 3. The lowest BCUT2D eigenvalue weighted by Gasteiger charge is -2.16. The van der Waals surface area contributed by atoms with Crippen molar-refractivity contribution >= 4 is 45.6 Å². The number of aromatic nitrogens is 1. The number of amides is 2. The number of nitrogens with one attached hydrogen (secondary N) is 2. The molecule has 3 aromatic rings. The minimum Gasteiger partial charge on any atom is -0.469 e. The molecule has 2 amide bonds. The first kappa shape index (κ1) is 20.7. The van der Waals surface area contributed by atoms with Crippen molar-refractivity contribution in [3.8, 4) is 0 Å². The van der Waals surface area contributed by atoms with Crippen LogP contribution in [-0.4, -0.2) is 29.9 Å². The van der Waals surface area contributed by atoms with E-state index in [1.165, 1.54) is 36.0 Å². The molecule has 3 rings (SSSR count). The summed E-state index contributed by atoms with van der Waals surface area (Å²) in [6.07, 6.45) is 1.52. The van der Waals surface area contributed by atoms with Gasteiger partial charge < -0.3 is 14.5 Å². The summed E-state index contributed by atoms with van der Waals surface area (Å²) >= 11 is 2.68. The quantitative estimate of drug-likeness (QED) is 0.527. The Bertz CT molecular complexity index is 993. The lowest BCUT2D eigenvalue weighted by atomic mass is 10.1. The molecule has 1 atom stereocenters. The molecule has 152 valence electrons. The maximum Gasteiger partial charge on any atom is 0.307 e. The van der Waals surface area contributed by atoms with Crippen molar-refractivity contribution in [1.29, 1.82) is 0 Å². The van der Waals surface area contributed by atoms with Gasteiger partial charge in [0.15, 0.2) is 5.13 Å². The van der Waals surface area contributed by atoms with Crippen molar-refractivity contribution in [3.05, 3.63) is 57.1 Å². The van der Waals surface area contributed by atoms with Crippen molar-refractivity contribution in [2.45, 2.75) is 25.8 Å². The molecule has 0 aromatic carbocycles. The molecule has 1 unspecified atom stereocenters. The number of thiophene rings is 1. The number of anilines is 1. The van der Waals surface area contributed by atoms with Crippen molar-refractivity contribution in [2.24, 2.45) is 0 Å². The summed E-state index contributed by atoms with van der Waals surface area (Å²) in [5, 5.41) is 9.52. The van der Waals surface area contributed by atoms with E-state index in [9.17, 15) is 14.4 Å². The van der Waals surface area contributed by atoms with Crippen molar-refractivity contribution in [1.82, 2.24) is 10.3 Å². The van der Waals surface area contributed by atoms with E-state index >= 15 is 0 Å². The molecule has 8 nitrogen and oxygen atoms in total. The van der Waals surface area contributed by atoms with Gasteiger partial charge >= 0.3 is 5.97 Å². The number of ether oxygens (including phenoxy) is 1. The number of hydrogen-bond donors (Lipinski definition) is 2. The maximum atomic E-state index is 12.5. The van der Waals surface area contributed by atoms with E-state index in [1.54, 1.807) is 18.4 Å². The molecule has 0 aliphatic heterocycles. The fraction of sp³-hybridized carbons (Fsp3) is 0.263. The van der Waals surface area contributed by atoms with Crippen LogP contribution in [0.5, 0.6) is 0 Å². The third kappa shape index (κ3) is 5.52. The largest absolute Gasteiger partial charge is 0.469 e. The Morgan fingerprint density at radius 2 is 2.10 bits per heavy atom. The molecule has 0 aliphatic carbocycles. The molecular formula is C19H19N3O5S2. The van der Waals surface area contributed by atoms with Crippen LogP contribution in [0, 0.1) is 6.92 Å². The lowest BCUT2D eigenvalue weighted by molar-refractivity contribution is -0.141. The van der Waals surface area contributed by atoms with E-state index in [0.717, 1.165) is 4.88 Å². The fourth-order valence-electron chi connectivity index (χ4n) is 2.60. The predicted octanol–water partition coefficient (Wildman–Crippen LogP) is 3.32. The molecular weight excluding hydrogens is 414 g/mol. The number of hydrogen-bond acceptors (Lipinski definition) is 8. The minimum absolute atomic E-state index is 0.0279. The van der Waals surface area contributed by atoms with Crippen LogP contribution in [0.4, 0.5) is 5.13 Å². The zero-order chi connectivity index (χ0) is 20.8. The summed E-state index contributed by atoms with van der Waals surface area (Å²) in [7, 11) is 1.31. The third-order valence-corrected chi connectivity index (χ3v) is 5.83. The monoisotopic (exact) mass is 433 g/mol. The Kier molecular flexibility index (Phi) is 6.78. The number of esters is 1. The van der Waals surface area contributed by atoms with Gasteiger partial charge in [0.2, 0.25) is 5.91 Å². The van der Waals surface area contributed by atoms with Crippen LogP contribution in [0.25, 0.3) is 0 Å².